The van der Waals surface area contributed by atoms with Gasteiger partial charge in [-0.2, -0.15) is 0 Å². The summed E-state index contributed by atoms with van der Waals surface area (Å²) in [5, 5.41) is 11.6. The van der Waals surface area contributed by atoms with Crippen molar-refractivity contribution in [2.75, 3.05) is 13.2 Å². The van der Waals surface area contributed by atoms with Crippen molar-refractivity contribution >= 4 is 39.8 Å². The summed E-state index contributed by atoms with van der Waals surface area (Å²) < 4.78 is 5.84. The van der Waals surface area contributed by atoms with Crippen molar-refractivity contribution in [3.05, 3.63) is 77.2 Å². The molecule has 0 saturated carbocycles. The summed E-state index contributed by atoms with van der Waals surface area (Å²) in [6.07, 6.45) is 1.53. The SMILES string of the molecule is O=C1S/C(=C\c2ccccc2O)C(=O)N1CCOc1cccc2ccccc12. The van der Waals surface area contributed by atoms with Gasteiger partial charge >= 0.3 is 0 Å². The van der Waals surface area contributed by atoms with E-state index in [2.05, 4.69) is 0 Å². The maximum Gasteiger partial charge on any atom is 0.293 e. The zero-order chi connectivity index (χ0) is 19.5. The van der Waals surface area contributed by atoms with E-state index >= 15 is 0 Å². The second kappa shape index (κ2) is 7.78. The fraction of sp³-hybridized carbons (Fsp3) is 0.0909. The number of benzene rings is 3. The van der Waals surface area contributed by atoms with Crippen LogP contribution >= 0.6 is 11.8 Å². The number of rotatable bonds is 5. The number of ether oxygens (including phenoxy) is 1. The number of carbonyl (C=O) groups is 2. The Balaban J connectivity index is 1.45. The molecule has 1 fully saturated rings. The summed E-state index contributed by atoms with van der Waals surface area (Å²) in [6, 6.07) is 20.3. The van der Waals surface area contributed by atoms with Crippen LogP contribution in [0.2, 0.25) is 0 Å². The van der Waals surface area contributed by atoms with Crippen LogP contribution in [-0.2, 0) is 4.79 Å². The minimum Gasteiger partial charge on any atom is -0.507 e. The van der Waals surface area contributed by atoms with Crippen molar-refractivity contribution in [1.82, 2.24) is 4.90 Å². The number of aromatic hydroxyl groups is 1. The molecule has 2 amide bonds. The van der Waals surface area contributed by atoms with Crippen molar-refractivity contribution in [2.45, 2.75) is 0 Å². The lowest BCUT2D eigenvalue weighted by molar-refractivity contribution is -0.123. The van der Waals surface area contributed by atoms with Crippen LogP contribution in [0.15, 0.2) is 71.6 Å². The van der Waals surface area contributed by atoms with E-state index in [1.807, 2.05) is 42.5 Å². The van der Waals surface area contributed by atoms with E-state index in [9.17, 15) is 14.7 Å². The molecule has 0 bridgehead atoms. The monoisotopic (exact) mass is 391 g/mol. The molecular weight excluding hydrogens is 374 g/mol. The molecular formula is C22H17NO4S. The molecule has 0 aromatic heterocycles. The molecule has 0 aliphatic carbocycles. The Morgan fingerprint density at radius 2 is 1.71 bits per heavy atom. The standard InChI is InChI=1S/C22H17NO4S/c24-18-10-4-2-7-16(18)14-20-21(25)23(22(26)28-20)12-13-27-19-11-5-8-15-6-1-3-9-17(15)19/h1-11,14,24H,12-13H2/b20-14-. The van der Waals surface area contributed by atoms with E-state index in [4.69, 9.17) is 4.74 Å². The zero-order valence-electron chi connectivity index (χ0n) is 14.9. The molecule has 0 spiro atoms. The van der Waals surface area contributed by atoms with E-state index in [1.54, 1.807) is 18.2 Å². The van der Waals surface area contributed by atoms with Gasteiger partial charge in [-0.05, 0) is 35.4 Å². The highest BCUT2D eigenvalue weighted by atomic mass is 32.2. The molecule has 140 valence electrons. The maximum atomic E-state index is 12.6. The molecule has 1 N–H and O–H groups in total. The number of phenols is 1. The largest absolute Gasteiger partial charge is 0.507 e. The van der Waals surface area contributed by atoms with Crippen molar-refractivity contribution in [1.29, 1.82) is 0 Å². The summed E-state index contributed by atoms with van der Waals surface area (Å²) in [5.74, 6) is 0.406. The molecule has 1 saturated heterocycles. The first-order valence-corrected chi connectivity index (χ1v) is 9.59. The predicted octanol–water partition coefficient (Wildman–Crippen LogP) is 4.66. The number of fused-ring (bicyclic) bond motifs is 1. The molecule has 0 atom stereocenters. The summed E-state index contributed by atoms with van der Waals surface area (Å²) in [5.41, 5.74) is 0.500. The van der Waals surface area contributed by atoms with Gasteiger partial charge in [-0.3, -0.25) is 14.5 Å². The lowest BCUT2D eigenvalue weighted by Gasteiger charge is -2.14. The van der Waals surface area contributed by atoms with Crippen LogP contribution < -0.4 is 4.74 Å². The summed E-state index contributed by atoms with van der Waals surface area (Å²) in [4.78, 5) is 26.3. The highest BCUT2D eigenvalue weighted by Crippen LogP contribution is 2.33. The quantitative estimate of drug-likeness (QED) is 0.641. The van der Waals surface area contributed by atoms with E-state index in [0.29, 0.717) is 5.56 Å². The lowest BCUT2D eigenvalue weighted by Crippen LogP contribution is -2.32. The molecule has 5 nitrogen and oxygen atoms in total. The molecule has 1 aliphatic heterocycles. The van der Waals surface area contributed by atoms with Gasteiger partial charge < -0.3 is 9.84 Å². The topological polar surface area (TPSA) is 66.8 Å². The van der Waals surface area contributed by atoms with Gasteiger partial charge in [0.15, 0.2) is 0 Å². The fourth-order valence-corrected chi connectivity index (χ4v) is 3.87. The van der Waals surface area contributed by atoms with Crippen LogP contribution in [0.4, 0.5) is 4.79 Å². The average molecular weight is 391 g/mol. The van der Waals surface area contributed by atoms with Crippen molar-refractivity contribution in [3.8, 4) is 11.5 Å². The number of carbonyl (C=O) groups excluding carboxylic acids is 2. The lowest BCUT2D eigenvalue weighted by atomic mass is 10.1. The molecule has 0 radical (unpaired) electrons. The van der Waals surface area contributed by atoms with Gasteiger partial charge in [-0.1, -0.05) is 54.6 Å². The minimum atomic E-state index is -0.375. The molecule has 6 heteroatoms. The molecule has 28 heavy (non-hydrogen) atoms. The number of nitrogens with zero attached hydrogens (tertiary/aromatic N) is 1. The normalized spacial score (nSPS) is 15.6. The predicted molar refractivity (Wildman–Crippen MR) is 110 cm³/mol. The van der Waals surface area contributed by atoms with Gasteiger partial charge in [0.05, 0.1) is 11.4 Å². The van der Waals surface area contributed by atoms with Crippen LogP contribution in [0, 0.1) is 0 Å². The smallest absolute Gasteiger partial charge is 0.293 e. The summed E-state index contributed by atoms with van der Waals surface area (Å²) in [6.45, 7) is 0.363. The first-order chi connectivity index (χ1) is 13.6. The fourth-order valence-electron chi connectivity index (χ4n) is 3.01. The zero-order valence-corrected chi connectivity index (χ0v) is 15.7. The second-order valence-electron chi connectivity index (χ2n) is 6.22. The van der Waals surface area contributed by atoms with Crippen molar-refractivity contribution in [3.63, 3.8) is 0 Å². The van der Waals surface area contributed by atoms with E-state index in [0.717, 1.165) is 28.3 Å². The van der Waals surface area contributed by atoms with Crippen molar-refractivity contribution < 1.29 is 19.4 Å². The van der Waals surface area contributed by atoms with Gasteiger partial charge in [0.2, 0.25) is 0 Å². The second-order valence-corrected chi connectivity index (χ2v) is 7.21. The van der Waals surface area contributed by atoms with Crippen LogP contribution in [0.3, 0.4) is 0 Å². The Morgan fingerprint density at radius 1 is 0.964 bits per heavy atom. The first kappa shape index (κ1) is 18.1. The van der Waals surface area contributed by atoms with Crippen LogP contribution in [-0.4, -0.2) is 34.3 Å². The van der Waals surface area contributed by atoms with Crippen molar-refractivity contribution in [2.24, 2.45) is 0 Å². The van der Waals surface area contributed by atoms with E-state index in [-0.39, 0.29) is 35.0 Å². The van der Waals surface area contributed by atoms with Gasteiger partial charge in [-0.15, -0.1) is 0 Å². The Labute approximate surface area is 166 Å². The molecule has 4 rings (SSSR count). The van der Waals surface area contributed by atoms with Crippen LogP contribution in [0.25, 0.3) is 16.8 Å². The minimum absolute atomic E-state index is 0.0635. The van der Waals surface area contributed by atoms with Gasteiger partial charge in [0.1, 0.15) is 18.1 Å². The highest BCUT2D eigenvalue weighted by Gasteiger charge is 2.34. The summed E-state index contributed by atoms with van der Waals surface area (Å²) >= 11 is 0.866. The Morgan fingerprint density at radius 3 is 2.57 bits per heavy atom. The Bertz CT molecular complexity index is 1090. The third-order valence-electron chi connectivity index (χ3n) is 4.42. The van der Waals surface area contributed by atoms with Crippen LogP contribution in [0.1, 0.15) is 5.56 Å². The van der Waals surface area contributed by atoms with Crippen LogP contribution in [0.5, 0.6) is 11.5 Å². The number of imide groups is 1. The van der Waals surface area contributed by atoms with E-state index in [1.165, 1.54) is 17.0 Å². The molecule has 1 aliphatic rings. The highest BCUT2D eigenvalue weighted by molar-refractivity contribution is 8.18. The Hall–Kier alpha value is -3.25. The van der Waals surface area contributed by atoms with Gasteiger partial charge in [-0.25, -0.2) is 0 Å². The summed E-state index contributed by atoms with van der Waals surface area (Å²) in [7, 11) is 0. The molecule has 3 aromatic carbocycles. The first-order valence-electron chi connectivity index (χ1n) is 8.77. The number of amides is 2. The third kappa shape index (κ3) is 3.59. The molecule has 3 aromatic rings. The number of hydrogen-bond donors (Lipinski definition) is 1. The van der Waals surface area contributed by atoms with Gasteiger partial charge in [0.25, 0.3) is 11.1 Å². The van der Waals surface area contributed by atoms with Gasteiger partial charge in [0, 0.05) is 10.9 Å². The Kier molecular flexibility index (Phi) is 5.04. The average Bonchev–Trinajstić information content (AvgIpc) is 2.97. The number of hydrogen-bond acceptors (Lipinski definition) is 5. The number of phenolic OH excluding ortho intramolecular Hbond substituents is 1. The number of thioether (sulfide) groups is 1. The third-order valence-corrected chi connectivity index (χ3v) is 5.33. The molecule has 0 unspecified atom stereocenters. The molecule has 1 heterocycles. The van der Waals surface area contributed by atoms with E-state index < -0.39 is 0 Å². The maximum absolute atomic E-state index is 12.6. The number of para-hydroxylation sites is 1.